The van der Waals surface area contributed by atoms with Crippen LogP contribution in [0.15, 0.2) is 23.1 Å². The third-order valence-electron chi connectivity index (χ3n) is 3.83. The average molecular weight is 462 g/mol. The van der Waals surface area contributed by atoms with Crippen LogP contribution in [0.25, 0.3) is 0 Å². The number of sulfonamides is 1. The summed E-state index contributed by atoms with van der Waals surface area (Å²) in [5.41, 5.74) is -0.648. The highest BCUT2D eigenvalue weighted by molar-refractivity contribution is 7.89. The molecular weight excluding hydrogens is 438 g/mol. The molecule has 0 bridgehead atoms. The van der Waals surface area contributed by atoms with Crippen molar-refractivity contribution in [2.24, 2.45) is 0 Å². The number of esters is 1. The number of hydrogen-bond acceptors (Lipinski definition) is 7. The number of nitrogens with one attached hydrogen (secondary N) is 2. The average Bonchev–Trinajstić information content (AvgIpc) is 2.65. The molecule has 1 heterocycles. The van der Waals surface area contributed by atoms with Crippen LogP contribution in [0.3, 0.4) is 0 Å². The van der Waals surface area contributed by atoms with Crippen LogP contribution in [0.1, 0.15) is 31.1 Å². The predicted octanol–water partition coefficient (Wildman–Crippen LogP) is 1.14. The quantitative estimate of drug-likeness (QED) is 0.628. The van der Waals surface area contributed by atoms with Crippen LogP contribution in [0.5, 0.6) is 0 Å². The maximum absolute atomic E-state index is 12.8. The number of ether oxygens (including phenoxy) is 2. The zero-order valence-corrected chi connectivity index (χ0v) is 18.4. The molecule has 1 aromatic carbocycles. The van der Waals surface area contributed by atoms with E-state index < -0.39 is 40.1 Å². The number of halogens is 1. The number of carbonyl (C=O) groups excluding carboxylic acids is 3. The van der Waals surface area contributed by atoms with Gasteiger partial charge < -0.3 is 14.8 Å². The fourth-order valence-corrected chi connectivity index (χ4v) is 4.41. The second-order valence-corrected chi connectivity index (χ2v) is 9.80. The van der Waals surface area contributed by atoms with Gasteiger partial charge in [0.25, 0.3) is 5.91 Å². The number of urea groups is 1. The zero-order valence-electron chi connectivity index (χ0n) is 16.9. The first-order chi connectivity index (χ1) is 13.9. The van der Waals surface area contributed by atoms with Crippen molar-refractivity contribution in [3.63, 3.8) is 0 Å². The number of nitrogens with zero attached hydrogens (tertiary/aromatic N) is 1. The van der Waals surface area contributed by atoms with E-state index >= 15 is 0 Å². The Morgan fingerprint density at radius 2 is 1.83 bits per heavy atom. The lowest BCUT2D eigenvalue weighted by molar-refractivity contribution is -0.123. The highest BCUT2D eigenvalue weighted by atomic mass is 35.5. The number of carbonyl (C=O) groups is 3. The van der Waals surface area contributed by atoms with E-state index in [2.05, 4.69) is 5.32 Å². The summed E-state index contributed by atoms with van der Waals surface area (Å²) in [5, 5.41) is 4.51. The third-order valence-corrected chi connectivity index (χ3v) is 6.21. The topological polar surface area (TPSA) is 131 Å². The van der Waals surface area contributed by atoms with Crippen LogP contribution in [-0.2, 0) is 24.3 Å². The second kappa shape index (κ2) is 9.73. The Labute approximate surface area is 179 Å². The van der Waals surface area contributed by atoms with Gasteiger partial charge in [-0.25, -0.2) is 18.0 Å². The Kier molecular flexibility index (Phi) is 7.81. The minimum atomic E-state index is -3.93. The molecule has 0 radical (unpaired) electrons. The van der Waals surface area contributed by atoms with Crippen LogP contribution >= 0.6 is 11.6 Å². The highest BCUT2D eigenvalue weighted by Crippen LogP contribution is 2.26. The lowest BCUT2D eigenvalue weighted by atomic mass is 10.1. The molecule has 0 aromatic heterocycles. The molecule has 0 spiro atoms. The van der Waals surface area contributed by atoms with E-state index in [0.717, 1.165) is 6.07 Å². The van der Waals surface area contributed by atoms with Crippen molar-refractivity contribution < 1.29 is 32.3 Å². The summed E-state index contributed by atoms with van der Waals surface area (Å²) in [5.74, 6) is -1.77. The fourth-order valence-electron chi connectivity index (χ4n) is 2.50. The standard InChI is InChI=1S/C18H24ClN3O7S/c1-18(2,3)21-17(25)20-15(23)11-29-16(24)12-4-5-13(19)14(10-12)30(26,27)22-6-8-28-9-7-22/h4-5,10H,6-9,11H2,1-3H3,(H2,20,21,23,25). The van der Waals surface area contributed by atoms with Crippen LogP contribution in [0.4, 0.5) is 4.79 Å². The van der Waals surface area contributed by atoms with Gasteiger partial charge in [0.2, 0.25) is 10.0 Å². The molecule has 30 heavy (non-hydrogen) atoms. The van der Waals surface area contributed by atoms with Crippen molar-refractivity contribution in [3.05, 3.63) is 28.8 Å². The van der Waals surface area contributed by atoms with Crippen molar-refractivity contribution in [2.75, 3.05) is 32.9 Å². The van der Waals surface area contributed by atoms with Gasteiger partial charge >= 0.3 is 12.0 Å². The summed E-state index contributed by atoms with van der Waals surface area (Å²) in [7, 11) is -3.93. The maximum atomic E-state index is 12.8. The van der Waals surface area contributed by atoms with E-state index in [1.807, 2.05) is 5.32 Å². The van der Waals surface area contributed by atoms with Crippen molar-refractivity contribution in [3.8, 4) is 0 Å². The Morgan fingerprint density at radius 3 is 2.43 bits per heavy atom. The number of amides is 3. The number of benzene rings is 1. The van der Waals surface area contributed by atoms with Crippen LogP contribution in [0, 0.1) is 0 Å². The minimum Gasteiger partial charge on any atom is -0.452 e. The molecule has 0 aliphatic carbocycles. The van der Waals surface area contributed by atoms with Gasteiger partial charge in [-0.1, -0.05) is 11.6 Å². The van der Waals surface area contributed by atoms with Gasteiger partial charge in [0.05, 0.1) is 23.8 Å². The Bertz CT molecular complexity index is 922. The van der Waals surface area contributed by atoms with Crippen molar-refractivity contribution in [2.45, 2.75) is 31.2 Å². The molecule has 12 heteroatoms. The van der Waals surface area contributed by atoms with E-state index in [9.17, 15) is 22.8 Å². The molecule has 1 aliphatic rings. The maximum Gasteiger partial charge on any atom is 0.338 e. The van der Waals surface area contributed by atoms with Crippen LogP contribution in [0.2, 0.25) is 5.02 Å². The second-order valence-electron chi connectivity index (χ2n) is 7.49. The molecule has 0 atom stereocenters. The van der Waals surface area contributed by atoms with Crippen molar-refractivity contribution in [1.29, 1.82) is 0 Å². The first-order valence-corrected chi connectivity index (χ1v) is 10.9. The number of morpholine rings is 1. The fraction of sp³-hybridized carbons (Fsp3) is 0.500. The van der Waals surface area contributed by atoms with Gasteiger partial charge in [-0.2, -0.15) is 4.31 Å². The number of imide groups is 1. The van der Waals surface area contributed by atoms with Crippen molar-refractivity contribution >= 4 is 39.5 Å². The summed E-state index contributed by atoms with van der Waals surface area (Å²) < 4.78 is 36.9. The van der Waals surface area contributed by atoms with Crippen molar-refractivity contribution in [1.82, 2.24) is 14.9 Å². The molecule has 0 saturated carbocycles. The Morgan fingerprint density at radius 1 is 1.20 bits per heavy atom. The van der Waals surface area contributed by atoms with Gasteiger partial charge in [-0.05, 0) is 39.0 Å². The normalized spacial score (nSPS) is 15.3. The smallest absolute Gasteiger partial charge is 0.338 e. The molecule has 3 amide bonds. The summed E-state index contributed by atoms with van der Waals surface area (Å²) in [6.07, 6.45) is 0. The summed E-state index contributed by atoms with van der Waals surface area (Å²) >= 11 is 6.04. The molecule has 1 fully saturated rings. The lowest BCUT2D eigenvalue weighted by Crippen LogP contribution is -2.49. The van der Waals surface area contributed by atoms with Gasteiger partial charge in [-0.15, -0.1) is 0 Å². The minimum absolute atomic E-state index is 0.0466. The SMILES string of the molecule is CC(C)(C)NC(=O)NC(=O)COC(=O)c1ccc(Cl)c(S(=O)(=O)N2CCOCC2)c1. The molecular formula is C18H24ClN3O7S. The van der Waals surface area contributed by atoms with Gasteiger partial charge in [0.15, 0.2) is 6.61 Å². The molecule has 166 valence electrons. The molecule has 2 N–H and O–H groups in total. The monoisotopic (exact) mass is 461 g/mol. The van der Waals surface area contributed by atoms with Gasteiger partial charge in [0.1, 0.15) is 4.90 Å². The third kappa shape index (κ3) is 6.66. The Hall–Kier alpha value is -2.21. The largest absolute Gasteiger partial charge is 0.452 e. The van der Waals surface area contributed by atoms with Gasteiger partial charge in [-0.3, -0.25) is 10.1 Å². The molecule has 1 aliphatic heterocycles. The first kappa shape index (κ1) is 24.1. The van der Waals surface area contributed by atoms with E-state index in [4.69, 9.17) is 21.1 Å². The highest BCUT2D eigenvalue weighted by Gasteiger charge is 2.29. The Balaban J connectivity index is 2.04. The summed E-state index contributed by atoms with van der Waals surface area (Å²) in [6.45, 7) is 5.35. The first-order valence-electron chi connectivity index (χ1n) is 9.07. The van der Waals surface area contributed by atoms with Gasteiger partial charge in [0, 0.05) is 18.6 Å². The molecule has 0 unspecified atom stereocenters. The van der Waals surface area contributed by atoms with E-state index in [0.29, 0.717) is 0 Å². The van der Waals surface area contributed by atoms with Crippen LogP contribution < -0.4 is 10.6 Å². The summed E-state index contributed by atoms with van der Waals surface area (Å²) in [6, 6.07) is 2.92. The number of rotatable bonds is 5. The number of hydrogen-bond donors (Lipinski definition) is 2. The molecule has 10 nitrogen and oxygen atoms in total. The van der Waals surface area contributed by atoms with E-state index in [1.165, 1.54) is 16.4 Å². The molecule has 2 rings (SSSR count). The molecule has 1 saturated heterocycles. The van der Waals surface area contributed by atoms with E-state index in [-0.39, 0.29) is 41.8 Å². The van der Waals surface area contributed by atoms with E-state index in [1.54, 1.807) is 20.8 Å². The lowest BCUT2D eigenvalue weighted by Gasteiger charge is -2.26. The molecule has 1 aromatic rings. The predicted molar refractivity (Wildman–Crippen MR) is 108 cm³/mol. The summed E-state index contributed by atoms with van der Waals surface area (Å²) in [4.78, 5) is 35.4. The van der Waals surface area contributed by atoms with Crippen LogP contribution in [-0.4, -0.2) is 69.1 Å². The zero-order chi connectivity index (χ0) is 22.5.